The van der Waals surface area contributed by atoms with Gasteiger partial charge in [-0.05, 0) is 45.7 Å². The third-order valence-electron chi connectivity index (χ3n) is 3.72. The Hall–Kier alpha value is -1.29. The lowest BCUT2D eigenvalue weighted by Crippen LogP contribution is -2.44. The van der Waals surface area contributed by atoms with Crippen molar-refractivity contribution in [2.24, 2.45) is 5.92 Å². The number of aryl methyl sites for hydroxylation is 2. The molecule has 3 unspecified atom stereocenters. The van der Waals surface area contributed by atoms with Crippen molar-refractivity contribution in [3.8, 4) is 0 Å². The molecule has 1 aromatic heterocycles. The molecule has 1 aliphatic rings. The first-order valence-corrected chi connectivity index (χ1v) is 6.59. The minimum absolute atomic E-state index is 0.00968. The maximum absolute atomic E-state index is 12.2. The third-order valence-corrected chi connectivity index (χ3v) is 3.72. The number of amides is 1. The molecule has 0 saturated carbocycles. The number of carbonyl (C=O) groups is 1. The van der Waals surface area contributed by atoms with Gasteiger partial charge in [0.05, 0.1) is 12.1 Å². The van der Waals surface area contributed by atoms with Gasteiger partial charge in [-0.3, -0.25) is 4.79 Å². The van der Waals surface area contributed by atoms with Gasteiger partial charge in [0.15, 0.2) is 0 Å². The highest BCUT2D eigenvalue weighted by Gasteiger charge is 2.30. The van der Waals surface area contributed by atoms with E-state index in [0.717, 1.165) is 30.0 Å². The molecule has 0 spiro atoms. The van der Waals surface area contributed by atoms with Crippen LogP contribution in [0.25, 0.3) is 0 Å². The van der Waals surface area contributed by atoms with Gasteiger partial charge in [0.2, 0.25) is 5.91 Å². The summed E-state index contributed by atoms with van der Waals surface area (Å²) in [5, 5.41) is 6.31. The molecule has 2 N–H and O–H groups in total. The summed E-state index contributed by atoms with van der Waals surface area (Å²) in [4.78, 5) is 12.2. The zero-order chi connectivity index (χ0) is 13.3. The molecule has 100 valence electrons. The normalized spacial score (nSPS) is 25.1. The van der Waals surface area contributed by atoms with Crippen molar-refractivity contribution in [2.75, 3.05) is 6.54 Å². The first-order valence-electron chi connectivity index (χ1n) is 6.59. The lowest BCUT2D eigenvalue weighted by atomic mass is 10.0. The molecule has 18 heavy (non-hydrogen) atoms. The Balaban J connectivity index is 2.01. The molecule has 0 bridgehead atoms. The quantitative estimate of drug-likeness (QED) is 0.863. The summed E-state index contributed by atoms with van der Waals surface area (Å²) in [6.07, 6.45) is 1.07. The summed E-state index contributed by atoms with van der Waals surface area (Å²) in [5.74, 6) is 2.26. The number of furan rings is 1. The molecule has 0 aromatic carbocycles. The second-order valence-electron chi connectivity index (χ2n) is 5.30. The number of rotatable bonds is 3. The van der Waals surface area contributed by atoms with E-state index in [-0.39, 0.29) is 18.0 Å². The molecular weight excluding hydrogens is 228 g/mol. The van der Waals surface area contributed by atoms with Crippen LogP contribution >= 0.6 is 0 Å². The van der Waals surface area contributed by atoms with Crippen molar-refractivity contribution >= 4 is 5.91 Å². The fourth-order valence-electron chi connectivity index (χ4n) is 2.65. The smallest absolute Gasteiger partial charge is 0.237 e. The van der Waals surface area contributed by atoms with Gasteiger partial charge in [0, 0.05) is 5.56 Å². The van der Waals surface area contributed by atoms with Gasteiger partial charge in [-0.25, -0.2) is 0 Å². The molecule has 2 heterocycles. The fraction of sp³-hybridized carbons (Fsp3) is 0.643. The summed E-state index contributed by atoms with van der Waals surface area (Å²) < 4.78 is 5.50. The van der Waals surface area contributed by atoms with Crippen LogP contribution in [0.15, 0.2) is 10.5 Å². The van der Waals surface area contributed by atoms with Crippen molar-refractivity contribution in [1.29, 1.82) is 0 Å². The van der Waals surface area contributed by atoms with Crippen LogP contribution in [0.3, 0.4) is 0 Å². The highest BCUT2D eigenvalue weighted by Crippen LogP contribution is 2.22. The summed E-state index contributed by atoms with van der Waals surface area (Å²) in [6, 6.07) is 1.93. The average Bonchev–Trinajstić information content (AvgIpc) is 2.84. The molecule has 1 amide bonds. The topological polar surface area (TPSA) is 54.3 Å². The number of hydrogen-bond donors (Lipinski definition) is 2. The average molecular weight is 250 g/mol. The van der Waals surface area contributed by atoms with Gasteiger partial charge < -0.3 is 15.1 Å². The zero-order valence-corrected chi connectivity index (χ0v) is 11.5. The fourth-order valence-corrected chi connectivity index (χ4v) is 2.65. The van der Waals surface area contributed by atoms with E-state index in [4.69, 9.17) is 4.42 Å². The van der Waals surface area contributed by atoms with Gasteiger partial charge in [-0.1, -0.05) is 6.92 Å². The van der Waals surface area contributed by atoms with Crippen molar-refractivity contribution in [3.63, 3.8) is 0 Å². The molecule has 1 saturated heterocycles. The van der Waals surface area contributed by atoms with E-state index in [1.165, 1.54) is 0 Å². The first kappa shape index (κ1) is 13.1. The van der Waals surface area contributed by atoms with E-state index < -0.39 is 0 Å². The molecule has 1 aromatic rings. The van der Waals surface area contributed by atoms with Crippen molar-refractivity contribution in [3.05, 3.63) is 23.2 Å². The maximum Gasteiger partial charge on any atom is 0.237 e. The second kappa shape index (κ2) is 5.14. The van der Waals surface area contributed by atoms with E-state index in [1.807, 2.05) is 26.8 Å². The Labute approximate surface area is 108 Å². The standard InChI is InChI=1S/C14H22N2O2/c1-8-5-6-15-13(8)14(17)16-10(3)12-7-9(2)18-11(12)4/h7-8,10,13,15H,5-6H2,1-4H3,(H,16,17). The van der Waals surface area contributed by atoms with Crippen LogP contribution < -0.4 is 10.6 Å². The Morgan fingerprint density at radius 1 is 1.56 bits per heavy atom. The van der Waals surface area contributed by atoms with Gasteiger partial charge >= 0.3 is 0 Å². The second-order valence-corrected chi connectivity index (χ2v) is 5.30. The number of nitrogens with one attached hydrogen (secondary N) is 2. The summed E-state index contributed by atoms with van der Waals surface area (Å²) in [5.41, 5.74) is 1.06. The van der Waals surface area contributed by atoms with E-state index in [2.05, 4.69) is 17.6 Å². The number of hydrogen-bond acceptors (Lipinski definition) is 3. The zero-order valence-electron chi connectivity index (χ0n) is 11.5. The Kier molecular flexibility index (Phi) is 3.76. The molecule has 4 heteroatoms. The number of carbonyl (C=O) groups excluding carboxylic acids is 1. The van der Waals surface area contributed by atoms with Crippen molar-refractivity contribution < 1.29 is 9.21 Å². The molecule has 1 fully saturated rings. The minimum atomic E-state index is -0.0549. The summed E-state index contributed by atoms with van der Waals surface area (Å²) in [6.45, 7) is 8.89. The minimum Gasteiger partial charge on any atom is -0.466 e. The van der Waals surface area contributed by atoms with Crippen LogP contribution in [-0.4, -0.2) is 18.5 Å². The van der Waals surface area contributed by atoms with Crippen LogP contribution in [0.5, 0.6) is 0 Å². The Morgan fingerprint density at radius 3 is 2.78 bits per heavy atom. The van der Waals surface area contributed by atoms with Crippen LogP contribution in [-0.2, 0) is 4.79 Å². The van der Waals surface area contributed by atoms with Crippen molar-refractivity contribution in [2.45, 2.75) is 46.2 Å². The highest BCUT2D eigenvalue weighted by molar-refractivity contribution is 5.82. The first-order chi connectivity index (χ1) is 8.49. The van der Waals surface area contributed by atoms with E-state index in [1.54, 1.807) is 0 Å². The van der Waals surface area contributed by atoms with Gasteiger partial charge in [-0.15, -0.1) is 0 Å². The van der Waals surface area contributed by atoms with Crippen LogP contribution in [0.2, 0.25) is 0 Å². The van der Waals surface area contributed by atoms with Crippen LogP contribution in [0, 0.1) is 19.8 Å². The third kappa shape index (κ3) is 2.58. The van der Waals surface area contributed by atoms with E-state index in [0.29, 0.717) is 5.92 Å². The maximum atomic E-state index is 12.2. The molecule has 3 atom stereocenters. The SMILES string of the molecule is Cc1cc(C(C)NC(=O)C2NCCC2C)c(C)o1. The molecule has 0 aliphatic carbocycles. The van der Waals surface area contributed by atoms with Gasteiger partial charge in [0.1, 0.15) is 11.5 Å². The lowest BCUT2D eigenvalue weighted by molar-refractivity contribution is -0.124. The molecule has 2 rings (SSSR count). The van der Waals surface area contributed by atoms with Crippen LogP contribution in [0.1, 0.15) is 43.4 Å². The Bertz CT molecular complexity index is 439. The van der Waals surface area contributed by atoms with Gasteiger partial charge in [0.25, 0.3) is 0 Å². The Morgan fingerprint density at radius 2 is 2.28 bits per heavy atom. The largest absolute Gasteiger partial charge is 0.466 e. The summed E-state index contributed by atoms with van der Waals surface area (Å²) in [7, 11) is 0. The predicted molar refractivity (Wildman–Crippen MR) is 70.3 cm³/mol. The molecule has 4 nitrogen and oxygen atoms in total. The highest BCUT2D eigenvalue weighted by atomic mass is 16.3. The molecular formula is C14H22N2O2. The molecule has 1 aliphatic heterocycles. The van der Waals surface area contributed by atoms with Gasteiger partial charge in [-0.2, -0.15) is 0 Å². The summed E-state index contributed by atoms with van der Waals surface area (Å²) >= 11 is 0. The lowest BCUT2D eigenvalue weighted by Gasteiger charge is -2.19. The monoisotopic (exact) mass is 250 g/mol. The van der Waals surface area contributed by atoms with E-state index in [9.17, 15) is 4.79 Å². The van der Waals surface area contributed by atoms with Crippen LogP contribution in [0.4, 0.5) is 0 Å². The van der Waals surface area contributed by atoms with E-state index >= 15 is 0 Å². The molecule has 0 radical (unpaired) electrons. The van der Waals surface area contributed by atoms with Crippen molar-refractivity contribution in [1.82, 2.24) is 10.6 Å². The predicted octanol–water partition coefficient (Wildman–Crippen LogP) is 2.07.